The highest BCUT2D eigenvalue weighted by molar-refractivity contribution is 5.91. The molecule has 2 N–H and O–H groups in total. The summed E-state index contributed by atoms with van der Waals surface area (Å²) < 4.78 is 4.84. The number of carboxylic acids is 1. The number of aryl methyl sites for hydroxylation is 1. The zero-order valence-electron chi connectivity index (χ0n) is 10.9. The van der Waals surface area contributed by atoms with Gasteiger partial charge in [-0.15, -0.1) is 0 Å². The molecule has 7 nitrogen and oxygen atoms in total. The van der Waals surface area contributed by atoms with Crippen LogP contribution in [0.2, 0.25) is 0 Å². The maximum atomic E-state index is 11.9. The van der Waals surface area contributed by atoms with Gasteiger partial charge in [0.25, 0.3) is 0 Å². The zero-order chi connectivity index (χ0) is 14.3. The van der Waals surface area contributed by atoms with Crippen molar-refractivity contribution < 1.29 is 19.4 Å². The minimum Gasteiger partial charge on any atom is -0.480 e. The van der Waals surface area contributed by atoms with E-state index in [1.165, 1.54) is 13.3 Å². The van der Waals surface area contributed by atoms with Gasteiger partial charge in [-0.1, -0.05) is 0 Å². The Morgan fingerprint density at radius 2 is 2.21 bits per heavy atom. The standard InChI is InChI=1S/C12H17N3O4/c1-9-3-4-10(7-13-9)14-12(18)15(5-6-19-2)8-11(16)17/h3-4,7H,5-6,8H2,1-2H3,(H,14,18)(H,16,17). The lowest BCUT2D eigenvalue weighted by molar-refractivity contribution is -0.137. The van der Waals surface area contributed by atoms with Crippen molar-refractivity contribution in [1.82, 2.24) is 9.88 Å². The van der Waals surface area contributed by atoms with Crippen molar-refractivity contribution in [2.24, 2.45) is 0 Å². The van der Waals surface area contributed by atoms with Gasteiger partial charge in [-0.25, -0.2) is 4.79 Å². The number of nitrogens with one attached hydrogen (secondary N) is 1. The summed E-state index contributed by atoms with van der Waals surface area (Å²) in [6.07, 6.45) is 1.52. The van der Waals surface area contributed by atoms with E-state index in [-0.39, 0.29) is 19.7 Å². The lowest BCUT2D eigenvalue weighted by Crippen LogP contribution is -2.40. The fourth-order valence-electron chi connectivity index (χ4n) is 1.36. The first-order chi connectivity index (χ1) is 9.02. The van der Waals surface area contributed by atoms with Gasteiger partial charge in [0.1, 0.15) is 6.54 Å². The van der Waals surface area contributed by atoms with Crippen LogP contribution in [0.3, 0.4) is 0 Å². The van der Waals surface area contributed by atoms with E-state index in [9.17, 15) is 9.59 Å². The van der Waals surface area contributed by atoms with Gasteiger partial charge in [0, 0.05) is 19.3 Å². The van der Waals surface area contributed by atoms with Crippen molar-refractivity contribution in [2.45, 2.75) is 6.92 Å². The summed E-state index contributed by atoms with van der Waals surface area (Å²) in [7, 11) is 1.49. The number of amides is 2. The molecule has 0 aliphatic carbocycles. The van der Waals surface area contributed by atoms with Gasteiger partial charge in [0.2, 0.25) is 0 Å². The number of pyridine rings is 1. The van der Waals surface area contributed by atoms with Crippen molar-refractivity contribution in [3.63, 3.8) is 0 Å². The second-order valence-corrected chi connectivity index (χ2v) is 3.93. The van der Waals surface area contributed by atoms with Crippen molar-refractivity contribution in [3.05, 3.63) is 24.0 Å². The van der Waals surface area contributed by atoms with Crippen LogP contribution in [0.1, 0.15) is 5.69 Å². The molecule has 0 saturated carbocycles. The quantitative estimate of drug-likeness (QED) is 0.800. The third kappa shape index (κ3) is 5.35. The molecule has 2 amide bonds. The van der Waals surface area contributed by atoms with Crippen LogP contribution in [0.15, 0.2) is 18.3 Å². The van der Waals surface area contributed by atoms with E-state index in [1.807, 2.05) is 6.92 Å². The molecule has 0 radical (unpaired) electrons. The van der Waals surface area contributed by atoms with Gasteiger partial charge in [0.05, 0.1) is 18.5 Å². The molecule has 0 bridgehead atoms. The molecule has 0 aromatic carbocycles. The fourth-order valence-corrected chi connectivity index (χ4v) is 1.36. The highest BCUT2D eigenvalue weighted by atomic mass is 16.5. The Kier molecular flexibility index (Phi) is 5.74. The van der Waals surface area contributed by atoms with Crippen LogP contribution in [-0.2, 0) is 9.53 Å². The van der Waals surface area contributed by atoms with Crippen LogP contribution in [0.4, 0.5) is 10.5 Å². The van der Waals surface area contributed by atoms with Crippen LogP contribution in [0, 0.1) is 6.92 Å². The van der Waals surface area contributed by atoms with E-state index in [0.29, 0.717) is 5.69 Å². The molecule has 0 atom stereocenters. The molecule has 104 valence electrons. The van der Waals surface area contributed by atoms with Gasteiger partial charge in [0.15, 0.2) is 0 Å². The summed E-state index contributed by atoms with van der Waals surface area (Å²) in [4.78, 5) is 27.8. The number of aliphatic carboxylic acids is 1. The molecular weight excluding hydrogens is 250 g/mol. The average Bonchev–Trinajstić information content (AvgIpc) is 2.36. The SMILES string of the molecule is COCCN(CC(=O)O)C(=O)Nc1ccc(C)nc1. The van der Waals surface area contributed by atoms with Crippen LogP contribution < -0.4 is 5.32 Å². The normalized spacial score (nSPS) is 10.0. The van der Waals surface area contributed by atoms with Crippen LogP contribution in [0.25, 0.3) is 0 Å². The number of anilines is 1. The number of aromatic nitrogens is 1. The van der Waals surface area contributed by atoms with Crippen molar-refractivity contribution in [2.75, 3.05) is 32.1 Å². The number of carboxylic acid groups (broad SMARTS) is 1. The Hall–Kier alpha value is -2.15. The highest BCUT2D eigenvalue weighted by Gasteiger charge is 2.16. The van der Waals surface area contributed by atoms with Gasteiger partial charge in [-0.2, -0.15) is 0 Å². The Morgan fingerprint density at radius 3 is 2.74 bits per heavy atom. The Labute approximate surface area is 111 Å². The third-order valence-electron chi connectivity index (χ3n) is 2.34. The van der Waals surface area contributed by atoms with Crippen molar-refractivity contribution in [3.8, 4) is 0 Å². The number of rotatable bonds is 6. The molecule has 1 aromatic rings. The summed E-state index contributed by atoms with van der Waals surface area (Å²) in [6, 6.07) is 2.96. The van der Waals surface area contributed by atoms with Gasteiger partial charge < -0.3 is 20.1 Å². The first kappa shape index (κ1) is 14.9. The second-order valence-electron chi connectivity index (χ2n) is 3.93. The molecule has 1 heterocycles. The molecule has 7 heteroatoms. The summed E-state index contributed by atoms with van der Waals surface area (Å²) in [6.45, 7) is 1.93. The first-order valence-electron chi connectivity index (χ1n) is 5.72. The summed E-state index contributed by atoms with van der Waals surface area (Å²) in [5.74, 6) is -1.08. The molecule has 0 saturated heterocycles. The molecule has 1 rings (SSSR count). The minimum atomic E-state index is -1.08. The van der Waals surface area contributed by atoms with E-state index in [1.54, 1.807) is 12.1 Å². The van der Waals surface area contributed by atoms with Crippen LogP contribution >= 0.6 is 0 Å². The molecule has 0 aliphatic heterocycles. The Morgan fingerprint density at radius 1 is 1.47 bits per heavy atom. The van der Waals surface area contributed by atoms with Crippen LogP contribution in [-0.4, -0.2) is 53.8 Å². The second kappa shape index (κ2) is 7.32. The largest absolute Gasteiger partial charge is 0.480 e. The van der Waals surface area contributed by atoms with Gasteiger partial charge in [-0.05, 0) is 19.1 Å². The number of methoxy groups -OCH3 is 1. The van der Waals surface area contributed by atoms with Crippen molar-refractivity contribution in [1.29, 1.82) is 0 Å². The van der Waals surface area contributed by atoms with Crippen molar-refractivity contribution >= 4 is 17.7 Å². The Bertz CT molecular complexity index is 433. The van der Waals surface area contributed by atoms with E-state index >= 15 is 0 Å². The summed E-state index contributed by atoms with van der Waals surface area (Å²) in [5.41, 5.74) is 1.35. The van der Waals surface area contributed by atoms with E-state index in [4.69, 9.17) is 9.84 Å². The summed E-state index contributed by atoms with van der Waals surface area (Å²) >= 11 is 0. The molecule has 1 aromatic heterocycles. The number of ether oxygens (including phenoxy) is 1. The summed E-state index contributed by atoms with van der Waals surface area (Å²) in [5, 5.41) is 11.3. The number of hydrogen-bond acceptors (Lipinski definition) is 4. The van der Waals surface area contributed by atoms with Gasteiger partial charge in [-0.3, -0.25) is 9.78 Å². The molecule has 0 aliphatic rings. The molecule has 0 fully saturated rings. The fraction of sp³-hybridized carbons (Fsp3) is 0.417. The number of carbonyl (C=O) groups is 2. The number of nitrogens with zero attached hydrogens (tertiary/aromatic N) is 2. The molecule has 0 unspecified atom stereocenters. The average molecular weight is 267 g/mol. The lowest BCUT2D eigenvalue weighted by atomic mass is 10.3. The van der Waals surface area contributed by atoms with E-state index in [2.05, 4.69) is 10.3 Å². The number of hydrogen-bond donors (Lipinski definition) is 2. The van der Waals surface area contributed by atoms with E-state index in [0.717, 1.165) is 10.6 Å². The van der Waals surface area contributed by atoms with Crippen LogP contribution in [0.5, 0.6) is 0 Å². The lowest BCUT2D eigenvalue weighted by Gasteiger charge is -2.20. The monoisotopic (exact) mass is 267 g/mol. The third-order valence-corrected chi connectivity index (χ3v) is 2.34. The number of urea groups is 1. The predicted octanol–water partition coefficient (Wildman–Crippen LogP) is 0.955. The maximum Gasteiger partial charge on any atom is 0.323 e. The predicted molar refractivity (Wildman–Crippen MR) is 69.1 cm³/mol. The van der Waals surface area contributed by atoms with E-state index < -0.39 is 12.0 Å². The minimum absolute atomic E-state index is 0.202. The molecule has 0 spiro atoms. The topological polar surface area (TPSA) is 91.8 Å². The smallest absolute Gasteiger partial charge is 0.323 e. The first-order valence-corrected chi connectivity index (χ1v) is 5.72. The number of carbonyl (C=O) groups excluding carboxylic acids is 1. The maximum absolute atomic E-state index is 11.9. The molecule has 19 heavy (non-hydrogen) atoms. The zero-order valence-corrected chi connectivity index (χ0v) is 10.9. The van der Waals surface area contributed by atoms with Gasteiger partial charge >= 0.3 is 12.0 Å². The Balaban J connectivity index is 2.64. The molecular formula is C12H17N3O4. The highest BCUT2D eigenvalue weighted by Crippen LogP contribution is 2.06.